The maximum atomic E-state index is 10.5. The lowest BCUT2D eigenvalue weighted by Gasteiger charge is -1.91. The summed E-state index contributed by atoms with van der Waals surface area (Å²) in [6.07, 6.45) is 1.64. The van der Waals surface area contributed by atoms with Gasteiger partial charge in [0.25, 0.3) is 0 Å². The second-order valence-electron chi connectivity index (χ2n) is 1.96. The average molecular weight is 168 g/mol. The first-order valence-electron chi connectivity index (χ1n) is 3.08. The third-order valence-electron chi connectivity index (χ3n) is 1.01. The van der Waals surface area contributed by atoms with Crippen LogP contribution in [0.3, 0.4) is 0 Å². The van der Waals surface area contributed by atoms with Gasteiger partial charge >= 0.3 is 0 Å². The summed E-state index contributed by atoms with van der Waals surface area (Å²) in [5.41, 5.74) is 0.791. The van der Waals surface area contributed by atoms with Crippen molar-refractivity contribution in [1.29, 1.82) is 0 Å². The second-order valence-corrected chi connectivity index (χ2v) is 2.82. The maximum Gasteiger partial charge on any atom is 0.223 e. The van der Waals surface area contributed by atoms with Crippen LogP contribution >= 0.6 is 11.3 Å². The van der Waals surface area contributed by atoms with Crippen molar-refractivity contribution >= 4 is 28.5 Å². The number of hydrogen-bond donors (Lipinski definition) is 1. The standard InChI is InChI=1S/C7H8N2OS/c1-3-6-4-11-7(9-6)8-5(2)10/h3-4H,1H2,2H3,(H,8,9,10). The molecule has 0 aliphatic rings. The number of amides is 1. The highest BCUT2D eigenvalue weighted by atomic mass is 32.1. The summed E-state index contributed by atoms with van der Waals surface area (Å²) >= 11 is 1.39. The topological polar surface area (TPSA) is 42.0 Å². The molecule has 3 nitrogen and oxygen atoms in total. The third kappa shape index (κ3) is 2.16. The van der Waals surface area contributed by atoms with Gasteiger partial charge in [0.2, 0.25) is 5.91 Å². The summed E-state index contributed by atoms with van der Waals surface area (Å²) in [6, 6.07) is 0. The van der Waals surface area contributed by atoms with Crippen LogP contribution in [-0.2, 0) is 4.79 Å². The highest BCUT2D eigenvalue weighted by Crippen LogP contribution is 2.15. The van der Waals surface area contributed by atoms with Crippen LogP contribution < -0.4 is 5.32 Å². The van der Waals surface area contributed by atoms with Gasteiger partial charge in [0.15, 0.2) is 5.13 Å². The molecular weight excluding hydrogens is 160 g/mol. The number of carbonyl (C=O) groups excluding carboxylic acids is 1. The molecule has 0 atom stereocenters. The second kappa shape index (κ2) is 3.30. The Balaban J connectivity index is 2.72. The van der Waals surface area contributed by atoms with Crippen molar-refractivity contribution in [2.75, 3.05) is 5.32 Å². The number of anilines is 1. The molecule has 0 aliphatic carbocycles. The van der Waals surface area contributed by atoms with E-state index in [9.17, 15) is 4.79 Å². The zero-order valence-electron chi connectivity index (χ0n) is 6.13. The molecule has 1 rings (SSSR count). The van der Waals surface area contributed by atoms with Gasteiger partial charge in [-0.1, -0.05) is 6.58 Å². The number of rotatable bonds is 2. The monoisotopic (exact) mass is 168 g/mol. The Labute approximate surface area is 68.8 Å². The van der Waals surface area contributed by atoms with Crippen molar-refractivity contribution in [3.63, 3.8) is 0 Å². The van der Waals surface area contributed by atoms with Crippen LogP contribution in [-0.4, -0.2) is 10.9 Å². The van der Waals surface area contributed by atoms with Gasteiger partial charge in [0.1, 0.15) is 0 Å². The lowest BCUT2D eigenvalue weighted by molar-refractivity contribution is -0.114. The van der Waals surface area contributed by atoms with E-state index in [1.165, 1.54) is 18.3 Å². The molecule has 0 spiro atoms. The van der Waals surface area contributed by atoms with Crippen molar-refractivity contribution in [3.8, 4) is 0 Å². The largest absolute Gasteiger partial charge is 0.302 e. The van der Waals surface area contributed by atoms with Gasteiger partial charge < -0.3 is 5.32 Å². The Hall–Kier alpha value is -1.16. The highest BCUT2D eigenvalue weighted by molar-refractivity contribution is 7.14. The first-order valence-corrected chi connectivity index (χ1v) is 3.96. The van der Waals surface area contributed by atoms with E-state index in [0.29, 0.717) is 5.13 Å². The van der Waals surface area contributed by atoms with E-state index in [4.69, 9.17) is 0 Å². The van der Waals surface area contributed by atoms with Crippen molar-refractivity contribution in [2.24, 2.45) is 0 Å². The van der Waals surface area contributed by atoms with Gasteiger partial charge in [-0.15, -0.1) is 11.3 Å². The first kappa shape index (κ1) is 7.94. The molecule has 0 radical (unpaired) electrons. The lowest BCUT2D eigenvalue weighted by Crippen LogP contribution is -2.04. The summed E-state index contributed by atoms with van der Waals surface area (Å²) in [6.45, 7) is 5.01. The fraction of sp³-hybridized carbons (Fsp3) is 0.143. The highest BCUT2D eigenvalue weighted by Gasteiger charge is 1.99. The summed E-state index contributed by atoms with van der Waals surface area (Å²) in [5.74, 6) is -0.102. The van der Waals surface area contributed by atoms with E-state index in [2.05, 4.69) is 16.9 Å². The fourth-order valence-electron chi connectivity index (χ4n) is 0.588. The minimum absolute atomic E-state index is 0.102. The molecule has 4 heteroatoms. The molecule has 1 aromatic heterocycles. The van der Waals surface area contributed by atoms with Gasteiger partial charge in [-0.3, -0.25) is 4.79 Å². The minimum Gasteiger partial charge on any atom is -0.302 e. The number of aromatic nitrogens is 1. The van der Waals surface area contributed by atoms with Crippen LogP contribution in [0.25, 0.3) is 6.08 Å². The molecule has 58 valence electrons. The minimum atomic E-state index is -0.102. The number of thiazole rings is 1. The van der Waals surface area contributed by atoms with Crippen LogP contribution in [0.2, 0.25) is 0 Å². The quantitative estimate of drug-likeness (QED) is 0.730. The van der Waals surface area contributed by atoms with Gasteiger partial charge in [-0.2, -0.15) is 0 Å². The van der Waals surface area contributed by atoms with Crippen LogP contribution in [0.5, 0.6) is 0 Å². The first-order chi connectivity index (χ1) is 5.22. The predicted molar refractivity (Wildman–Crippen MR) is 46.5 cm³/mol. The summed E-state index contributed by atoms with van der Waals surface area (Å²) < 4.78 is 0. The molecule has 1 aromatic rings. The van der Waals surface area contributed by atoms with Crippen LogP contribution in [0.15, 0.2) is 12.0 Å². The molecule has 0 bridgehead atoms. The molecule has 0 aliphatic heterocycles. The number of nitrogens with one attached hydrogen (secondary N) is 1. The molecular formula is C7H8N2OS. The molecule has 0 saturated heterocycles. The van der Waals surface area contributed by atoms with Crippen LogP contribution in [0, 0.1) is 0 Å². The Kier molecular flexibility index (Phi) is 2.38. The molecule has 1 N–H and O–H groups in total. The van der Waals surface area contributed by atoms with Crippen molar-refractivity contribution in [2.45, 2.75) is 6.92 Å². The lowest BCUT2D eigenvalue weighted by atomic mass is 10.5. The molecule has 1 amide bonds. The average Bonchev–Trinajstić information content (AvgIpc) is 2.34. The number of carbonyl (C=O) groups is 1. The number of hydrogen-bond acceptors (Lipinski definition) is 3. The third-order valence-corrected chi connectivity index (χ3v) is 1.79. The van der Waals surface area contributed by atoms with E-state index in [1.807, 2.05) is 5.38 Å². The summed E-state index contributed by atoms with van der Waals surface area (Å²) in [4.78, 5) is 14.6. The zero-order chi connectivity index (χ0) is 8.27. The van der Waals surface area contributed by atoms with Crippen LogP contribution in [0.1, 0.15) is 12.6 Å². The van der Waals surface area contributed by atoms with Crippen molar-refractivity contribution in [1.82, 2.24) is 4.98 Å². The molecule has 0 fully saturated rings. The van der Waals surface area contributed by atoms with E-state index in [1.54, 1.807) is 6.08 Å². The molecule has 0 aromatic carbocycles. The Morgan fingerprint density at radius 2 is 2.64 bits per heavy atom. The molecule has 11 heavy (non-hydrogen) atoms. The normalized spacial score (nSPS) is 9.18. The Bertz CT molecular complexity index is 280. The molecule has 0 saturated carbocycles. The predicted octanol–water partition coefficient (Wildman–Crippen LogP) is 1.74. The summed E-state index contributed by atoms with van der Waals surface area (Å²) in [7, 11) is 0. The van der Waals surface area contributed by atoms with Crippen LogP contribution in [0.4, 0.5) is 5.13 Å². The SMILES string of the molecule is C=Cc1csc(NC(C)=O)n1. The molecule has 0 unspecified atom stereocenters. The Morgan fingerprint density at radius 1 is 1.91 bits per heavy atom. The van der Waals surface area contributed by atoms with Gasteiger partial charge in [-0.05, 0) is 6.08 Å². The van der Waals surface area contributed by atoms with Gasteiger partial charge in [0, 0.05) is 12.3 Å². The van der Waals surface area contributed by atoms with Gasteiger partial charge in [0.05, 0.1) is 5.69 Å². The van der Waals surface area contributed by atoms with Crippen molar-refractivity contribution in [3.05, 3.63) is 17.7 Å². The molecule has 1 heterocycles. The van der Waals surface area contributed by atoms with Crippen molar-refractivity contribution < 1.29 is 4.79 Å². The number of nitrogens with zero attached hydrogens (tertiary/aromatic N) is 1. The van der Waals surface area contributed by atoms with E-state index >= 15 is 0 Å². The van der Waals surface area contributed by atoms with E-state index in [-0.39, 0.29) is 5.91 Å². The zero-order valence-corrected chi connectivity index (χ0v) is 6.94. The maximum absolute atomic E-state index is 10.5. The van der Waals surface area contributed by atoms with Gasteiger partial charge in [-0.25, -0.2) is 4.98 Å². The van der Waals surface area contributed by atoms with E-state index < -0.39 is 0 Å². The van der Waals surface area contributed by atoms with E-state index in [0.717, 1.165) is 5.69 Å². The Morgan fingerprint density at radius 3 is 3.09 bits per heavy atom. The smallest absolute Gasteiger partial charge is 0.223 e. The fourth-order valence-corrected chi connectivity index (χ4v) is 1.33. The summed E-state index contributed by atoms with van der Waals surface area (Å²) in [5, 5.41) is 5.03.